The van der Waals surface area contributed by atoms with Gasteiger partial charge in [0.25, 0.3) is 0 Å². The summed E-state index contributed by atoms with van der Waals surface area (Å²) < 4.78 is 5.09. The number of anilines is 1. The number of hydrogen-bond donors (Lipinski definition) is 1. The molecule has 1 aromatic carbocycles. The van der Waals surface area contributed by atoms with E-state index in [1.807, 2.05) is 31.2 Å². The van der Waals surface area contributed by atoms with Crippen LogP contribution in [0.2, 0.25) is 0 Å². The van der Waals surface area contributed by atoms with Crippen LogP contribution in [-0.2, 0) is 9.53 Å². The Hall–Kier alpha value is -1.35. The molecule has 1 atom stereocenters. The van der Waals surface area contributed by atoms with Gasteiger partial charge in [0.2, 0.25) is 0 Å². The van der Waals surface area contributed by atoms with Crippen molar-refractivity contribution in [2.45, 2.75) is 26.3 Å². The van der Waals surface area contributed by atoms with E-state index in [0.717, 1.165) is 5.69 Å². The van der Waals surface area contributed by atoms with Crippen LogP contribution in [0.5, 0.6) is 0 Å². The number of nitrogens with one attached hydrogen (secondary N) is 1. The lowest BCUT2D eigenvalue weighted by Gasteiger charge is -2.17. The maximum Gasteiger partial charge on any atom is 0.131 e. The van der Waals surface area contributed by atoms with Gasteiger partial charge in [-0.3, -0.25) is 4.79 Å². The Bertz CT molecular complexity index is 332. The maximum atomic E-state index is 11.1. The maximum absolute atomic E-state index is 11.1. The van der Waals surface area contributed by atoms with Crippen molar-refractivity contribution < 1.29 is 9.53 Å². The number of carbonyl (C=O) groups excluding carboxylic acids is 1. The summed E-state index contributed by atoms with van der Waals surface area (Å²) >= 11 is 0. The number of aryl methyl sites for hydroxylation is 1. The average Bonchev–Trinajstić information content (AvgIpc) is 2.21. The van der Waals surface area contributed by atoms with Crippen molar-refractivity contribution in [2.75, 3.05) is 19.0 Å². The third kappa shape index (κ3) is 4.45. The Kier molecular flexibility index (Phi) is 4.99. The normalized spacial score (nSPS) is 12.2. The van der Waals surface area contributed by atoms with Gasteiger partial charge in [0.05, 0.1) is 12.6 Å². The van der Waals surface area contributed by atoms with Crippen molar-refractivity contribution in [3.05, 3.63) is 29.8 Å². The van der Waals surface area contributed by atoms with Crippen molar-refractivity contribution in [3.8, 4) is 0 Å². The summed E-state index contributed by atoms with van der Waals surface area (Å²) in [7, 11) is 1.64. The van der Waals surface area contributed by atoms with Gasteiger partial charge in [-0.2, -0.15) is 0 Å². The van der Waals surface area contributed by atoms with E-state index in [-0.39, 0.29) is 11.8 Å². The minimum atomic E-state index is 0.0465. The van der Waals surface area contributed by atoms with E-state index in [9.17, 15) is 4.79 Å². The molecular formula is C13H19NO2. The van der Waals surface area contributed by atoms with Gasteiger partial charge >= 0.3 is 0 Å². The van der Waals surface area contributed by atoms with Crippen LogP contribution < -0.4 is 5.32 Å². The molecule has 0 amide bonds. The van der Waals surface area contributed by atoms with Gasteiger partial charge in [0, 0.05) is 19.2 Å². The quantitative estimate of drug-likeness (QED) is 0.801. The van der Waals surface area contributed by atoms with Gasteiger partial charge in [-0.05, 0) is 26.0 Å². The third-order valence-electron chi connectivity index (χ3n) is 2.32. The first-order valence-corrected chi connectivity index (χ1v) is 5.43. The molecule has 1 rings (SSSR count). The van der Waals surface area contributed by atoms with Crippen LogP contribution in [0.25, 0.3) is 0 Å². The highest BCUT2D eigenvalue weighted by molar-refractivity contribution is 5.76. The van der Waals surface area contributed by atoms with E-state index in [1.165, 1.54) is 5.56 Å². The standard InChI is InChI=1S/C13H19NO2/c1-10-4-6-12(7-5-10)14-13(9-16-3)8-11(2)15/h4-7,13-14H,8-9H2,1-3H3. The SMILES string of the molecule is COCC(CC(C)=O)Nc1ccc(C)cc1. The summed E-state index contributed by atoms with van der Waals surface area (Å²) in [6.45, 7) is 4.18. The van der Waals surface area contributed by atoms with Crippen molar-refractivity contribution in [2.24, 2.45) is 0 Å². The zero-order valence-electron chi connectivity index (χ0n) is 10.1. The predicted octanol–water partition coefficient (Wildman–Crippen LogP) is 2.40. The fraction of sp³-hybridized carbons (Fsp3) is 0.462. The van der Waals surface area contributed by atoms with Crippen LogP contribution in [0.4, 0.5) is 5.69 Å². The summed E-state index contributed by atoms with van der Waals surface area (Å²) in [5.41, 5.74) is 2.24. The number of hydrogen-bond acceptors (Lipinski definition) is 3. The van der Waals surface area contributed by atoms with Gasteiger partial charge in [0.1, 0.15) is 5.78 Å². The highest BCUT2D eigenvalue weighted by Gasteiger charge is 2.10. The van der Waals surface area contributed by atoms with E-state index in [4.69, 9.17) is 4.74 Å². The van der Waals surface area contributed by atoms with Crippen molar-refractivity contribution in [1.29, 1.82) is 0 Å². The molecule has 0 aliphatic heterocycles. The fourth-order valence-corrected chi connectivity index (χ4v) is 1.59. The monoisotopic (exact) mass is 221 g/mol. The van der Waals surface area contributed by atoms with Crippen LogP contribution in [0.3, 0.4) is 0 Å². The molecule has 0 spiro atoms. The molecule has 0 heterocycles. The fourth-order valence-electron chi connectivity index (χ4n) is 1.59. The topological polar surface area (TPSA) is 38.3 Å². The molecule has 0 saturated carbocycles. The zero-order chi connectivity index (χ0) is 12.0. The molecule has 1 N–H and O–H groups in total. The lowest BCUT2D eigenvalue weighted by atomic mass is 10.1. The molecule has 0 saturated heterocycles. The van der Waals surface area contributed by atoms with Crippen LogP contribution in [0.15, 0.2) is 24.3 Å². The molecule has 16 heavy (non-hydrogen) atoms. The summed E-state index contributed by atoms with van der Waals surface area (Å²) in [4.78, 5) is 11.1. The highest BCUT2D eigenvalue weighted by Crippen LogP contribution is 2.11. The number of methoxy groups -OCH3 is 1. The highest BCUT2D eigenvalue weighted by atomic mass is 16.5. The minimum Gasteiger partial charge on any atom is -0.383 e. The molecule has 0 radical (unpaired) electrons. The molecule has 88 valence electrons. The average molecular weight is 221 g/mol. The summed E-state index contributed by atoms with van der Waals surface area (Å²) in [5.74, 6) is 0.168. The lowest BCUT2D eigenvalue weighted by Crippen LogP contribution is -2.27. The minimum absolute atomic E-state index is 0.0465. The van der Waals surface area contributed by atoms with Crippen LogP contribution in [-0.4, -0.2) is 25.5 Å². The molecule has 0 bridgehead atoms. The summed E-state index contributed by atoms with van der Waals surface area (Å²) in [6.07, 6.45) is 0.488. The Morgan fingerprint density at radius 2 is 2.00 bits per heavy atom. The summed E-state index contributed by atoms with van der Waals surface area (Å²) in [6, 6.07) is 8.15. The molecule has 0 aliphatic carbocycles. The zero-order valence-corrected chi connectivity index (χ0v) is 10.1. The van der Waals surface area contributed by atoms with Crippen LogP contribution in [0.1, 0.15) is 18.9 Å². The second kappa shape index (κ2) is 6.28. The van der Waals surface area contributed by atoms with Crippen LogP contribution >= 0.6 is 0 Å². The molecule has 3 heteroatoms. The third-order valence-corrected chi connectivity index (χ3v) is 2.32. The lowest BCUT2D eigenvalue weighted by molar-refractivity contribution is -0.117. The van der Waals surface area contributed by atoms with Gasteiger partial charge in [-0.1, -0.05) is 17.7 Å². The number of benzene rings is 1. The number of ether oxygens (including phenoxy) is 1. The molecular weight excluding hydrogens is 202 g/mol. The van der Waals surface area contributed by atoms with E-state index in [2.05, 4.69) is 5.32 Å². The molecule has 0 aliphatic rings. The predicted molar refractivity (Wildman–Crippen MR) is 65.8 cm³/mol. The largest absolute Gasteiger partial charge is 0.383 e. The van der Waals surface area contributed by atoms with E-state index in [1.54, 1.807) is 14.0 Å². The Morgan fingerprint density at radius 1 is 1.38 bits per heavy atom. The van der Waals surface area contributed by atoms with Gasteiger partial charge in [-0.25, -0.2) is 0 Å². The Labute approximate surface area is 96.8 Å². The smallest absolute Gasteiger partial charge is 0.131 e. The molecule has 0 aromatic heterocycles. The molecule has 1 aromatic rings. The first-order chi connectivity index (χ1) is 7.61. The van der Waals surface area contributed by atoms with Gasteiger partial charge in [-0.15, -0.1) is 0 Å². The Morgan fingerprint density at radius 3 is 2.50 bits per heavy atom. The van der Waals surface area contributed by atoms with E-state index < -0.39 is 0 Å². The molecule has 0 fully saturated rings. The summed E-state index contributed by atoms with van der Waals surface area (Å²) in [5, 5.41) is 3.29. The number of ketones is 1. The number of carbonyl (C=O) groups is 1. The van der Waals surface area contributed by atoms with E-state index >= 15 is 0 Å². The molecule has 3 nitrogen and oxygen atoms in total. The Balaban J connectivity index is 2.59. The van der Waals surface area contributed by atoms with Gasteiger partial charge < -0.3 is 10.1 Å². The van der Waals surface area contributed by atoms with Crippen molar-refractivity contribution in [3.63, 3.8) is 0 Å². The van der Waals surface area contributed by atoms with Crippen molar-refractivity contribution >= 4 is 11.5 Å². The van der Waals surface area contributed by atoms with Crippen molar-refractivity contribution in [1.82, 2.24) is 0 Å². The first kappa shape index (κ1) is 12.7. The van der Waals surface area contributed by atoms with Gasteiger partial charge in [0.15, 0.2) is 0 Å². The second-order valence-corrected chi connectivity index (χ2v) is 4.07. The molecule has 1 unspecified atom stereocenters. The number of Topliss-reactive ketones (excluding diaryl/α,β-unsaturated/α-hetero) is 1. The van der Waals surface area contributed by atoms with Crippen LogP contribution in [0, 0.1) is 6.92 Å². The number of rotatable bonds is 6. The van der Waals surface area contributed by atoms with E-state index in [0.29, 0.717) is 13.0 Å². The first-order valence-electron chi connectivity index (χ1n) is 5.43. The second-order valence-electron chi connectivity index (χ2n) is 4.07.